The van der Waals surface area contributed by atoms with Crippen LogP contribution in [0.2, 0.25) is 0 Å². The summed E-state index contributed by atoms with van der Waals surface area (Å²) in [6, 6.07) is 0. The molecular weight excluding hydrogens is 235 g/mol. The Hall–Kier alpha value is 0.979. The van der Waals surface area contributed by atoms with Gasteiger partial charge >= 0.3 is 45.8 Å². The Morgan fingerprint density at radius 1 is 2.00 bits per heavy atom. The third-order valence-corrected chi connectivity index (χ3v) is 0. The molecule has 0 unspecified atom stereocenters. The van der Waals surface area contributed by atoms with Gasteiger partial charge in [0.2, 0.25) is 0 Å². The van der Waals surface area contributed by atoms with Gasteiger partial charge in [-0.05, 0) is 0 Å². The predicted octanol–water partition coefficient (Wildman–Crippen LogP) is -1.09. The average Bonchev–Trinajstić information content (AvgIpc) is 0.811. The van der Waals surface area contributed by atoms with Crippen molar-refractivity contribution in [1.29, 1.82) is 0 Å². The summed E-state index contributed by atoms with van der Waals surface area (Å²) in [5.74, 6) is 0. The minimum absolute atomic E-state index is 0.154. The first-order valence-electron chi connectivity index (χ1n) is 0.651. The molecule has 0 aromatic heterocycles. The number of hydrogen-bond donors (Lipinski definition) is 0. The van der Waals surface area contributed by atoms with Gasteiger partial charge in [0.1, 0.15) is 0 Å². The summed E-state index contributed by atoms with van der Waals surface area (Å²) in [6.07, 6.45) is 0. The number of carbonyl (C=O) groups excluding carboxylic acids is 1. The van der Waals surface area contributed by atoms with E-state index in [2.05, 4.69) is 0 Å². The molecule has 0 N–H and O–H groups in total. The summed E-state index contributed by atoms with van der Waals surface area (Å²) in [7, 11) is 0. The number of carbonyl (C=O) groups is 1. The molecule has 4 heavy (non-hydrogen) atoms. The molecule has 0 aromatic rings. The monoisotopic (exact) mass is 240 g/mol. The third kappa shape index (κ3) is 12.2. The van der Waals surface area contributed by atoms with E-state index in [1.165, 1.54) is 22.3 Å². The average molecular weight is 237 g/mol. The van der Waals surface area contributed by atoms with E-state index in [1.54, 1.807) is 0 Å². The van der Waals surface area contributed by atoms with Crippen molar-refractivity contribution < 1.29 is 4.79 Å². The van der Waals surface area contributed by atoms with Crippen LogP contribution in [-0.4, -0.2) is 41.0 Å². The summed E-state index contributed by atoms with van der Waals surface area (Å²) in [5, 5.41) is 0. The molecule has 0 spiro atoms. The summed E-state index contributed by atoms with van der Waals surface area (Å²) >= 11 is 3.12. The van der Waals surface area contributed by atoms with Gasteiger partial charge in [0.25, 0.3) is 0 Å². The second kappa shape index (κ2) is 2.23. The van der Waals surface area contributed by atoms with Crippen LogP contribution in [0.1, 0.15) is 0 Å². The predicted molar refractivity (Wildman–Crippen MR) is 19.7 cm³/mol. The molecule has 24 valence electrons. The van der Waals surface area contributed by atoms with Gasteiger partial charge in [-0.15, -0.1) is 0 Å². The Kier molecular flexibility index (Phi) is 2.78. The topological polar surface area (TPSA) is 17.1 Å². The van der Waals surface area contributed by atoms with Crippen LogP contribution in [-0.2, 0) is 0 Å². The maximum atomic E-state index is 9.44. The Balaban J connectivity index is 2.80. The fourth-order valence-corrected chi connectivity index (χ4v) is 0. The van der Waals surface area contributed by atoms with E-state index >= 15 is 0 Å². The molecule has 0 bridgehead atoms. The molecule has 0 aliphatic carbocycles. The summed E-state index contributed by atoms with van der Waals surface area (Å²) < 4.78 is 0.154. The first-order valence-corrected chi connectivity index (χ1v) is 2.87. The van der Waals surface area contributed by atoms with Crippen molar-refractivity contribution in [3.05, 3.63) is 0 Å². The molecule has 0 fully saturated rings. The third-order valence-electron chi connectivity index (χ3n) is 0. The molecule has 3 heteroatoms. The first kappa shape index (κ1) is 4.98. The van der Waals surface area contributed by atoms with Crippen LogP contribution in [0.5, 0.6) is 0 Å². The van der Waals surface area contributed by atoms with Crippen LogP contribution < -0.4 is 0 Å². The molecular formula is CH2OSeTe. The zero-order valence-electron chi connectivity index (χ0n) is 1.80. The second-order valence-electron chi connectivity index (χ2n) is 0.283. The van der Waals surface area contributed by atoms with Crippen molar-refractivity contribution in [2.75, 3.05) is 0 Å². The Labute approximate surface area is 45.9 Å². The molecule has 0 aliphatic heterocycles. The molecule has 0 amide bonds. The van der Waals surface area contributed by atoms with Gasteiger partial charge in [-0.25, -0.2) is 0 Å². The number of rotatable bonds is 0. The van der Waals surface area contributed by atoms with Gasteiger partial charge in [0.05, 0.1) is 0 Å². The Morgan fingerprint density at radius 2 is 2.00 bits per heavy atom. The zero-order valence-corrected chi connectivity index (χ0v) is 6.23. The summed E-state index contributed by atoms with van der Waals surface area (Å²) in [4.78, 5) is 9.44. The van der Waals surface area contributed by atoms with Gasteiger partial charge in [-0.1, -0.05) is 0 Å². The van der Waals surface area contributed by atoms with E-state index in [0.717, 1.165) is 0 Å². The van der Waals surface area contributed by atoms with Crippen LogP contribution in [0.15, 0.2) is 0 Å². The van der Waals surface area contributed by atoms with E-state index < -0.39 is 0 Å². The molecule has 0 heterocycles. The molecule has 0 saturated carbocycles. The fraction of sp³-hybridized carbons (Fsp3) is 0. The van der Waals surface area contributed by atoms with E-state index in [1.807, 2.05) is 16.0 Å². The molecule has 1 nitrogen and oxygen atoms in total. The fourth-order valence-electron chi connectivity index (χ4n) is 0. The zero-order chi connectivity index (χ0) is 3.58. The van der Waals surface area contributed by atoms with E-state index in [9.17, 15) is 4.79 Å². The quantitative estimate of drug-likeness (QED) is 0.489. The van der Waals surface area contributed by atoms with E-state index in [4.69, 9.17) is 0 Å². The van der Waals surface area contributed by atoms with Gasteiger partial charge < -0.3 is 0 Å². The van der Waals surface area contributed by atoms with Crippen LogP contribution in [0.4, 0.5) is 4.79 Å². The second-order valence-corrected chi connectivity index (χ2v) is 4.57. The minimum atomic E-state index is 0.154. The van der Waals surface area contributed by atoms with Crippen LogP contribution in [0, 0.1) is 0 Å². The van der Waals surface area contributed by atoms with Gasteiger partial charge in [-0.2, -0.15) is 0 Å². The Morgan fingerprint density at radius 3 is 2.00 bits per heavy atom. The van der Waals surface area contributed by atoms with Gasteiger partial charge in [0, 0.05) is 0 Å². The molecule has 0 radical (unpaired) electrons. The standard InChI is InChI=1S/CH2OSeTe/c2-1(3)4/h(H2,2,3,4). The van der Waals surface area contributed by atoms with Crippen molar-refractivity contribution in [2.45, 2.75) is 0 Å². The SMILES string of the molecule is O=C([SeH])[TeH]. The first-order chi connectivity index (χ1) is 1.73. The van der Waals surface area contributed by atoms with E-state index in [-0.39, 0.29) is 2.73 Å². The maximum absolute atomic E-state index is 9.44. The van der Waals surface area contributed by atoms with Gasteiger partial charge in [-0.3, -0.25) is 0 Å². The van der Waals surface area contributed by atoms with Gasteiger partial charge in [0.15, 0.2) is 0 Å². The normalized spacial score (nSPS) is 6.50. The summed E-state index contributed by atoms with van der Waals surface area (Å²) in [5.41, 5.74) is 0. The summed E-state index contributed by atoms with van der Waals surface area (Å²) in [6.45, 7) is 0. The van der Waals surface area contributed by atoms with E-state index in [0.29, 0.717) is 0 Å². The van der Waals surface area contributed by atoms with Crippen molar-refractivity contribution >= 4 is 41.0 Å². The van der Waals surface area contributed by atoms with Crippen molar-refractivity contribution in [2.24, 2.45) is 0 Å². The molecule has 0 atom stereocenters. The molecule has 0 aromatic carbocycles. The van der Waals surface area contributed by atoms with Crippen LogP contribution >= 0.6 is 0 Å². The number of hydrogen-bond acceptors (Lipinski definition) is 1. The van der Waals surface area contributed by atoms with Crippen molar-refractivity contribution in [3.63, 3.8) is 0 Å². The van der Waals surface area contributed by atoms with Crippen LogP contribution in [0.25, 0.3) is 0 Å². The van der Waals surface area contributed by atoms with Crippen molar-refractivity contribution in [3.8, 4) is 0 Å². The molecule has 0 saturated heterocycles. The molecule has 0 rings (SSSR count). The Bertz CT molecular complexity index is 31.0. The van der Waals surface area contributed by atoms with Crippen molar-refractivity contribution in [1.82, 2.24) is 0 Å². The van der Waals surface area contributed by atoms with Crippen LogP contribution in [0.3, 0.4) is 0 Å². The molecule has 0 aliphatic rings.